The van der Waals surface area contributed by atoms with Crippen LogP contribution < -0.4 is 0 Å². The Morgan fingerprint density at radius 3 is 2.58 bits per heavy atom. The fourth-order valence-electron chi connectivity index (χ4n) is 4.55. The van der Waals surface area contributed by atoms with Crippen LogP contribution in [0.5, 0.6) is 0 Å². The van der Waals surface area contributed by atoms with Gasteiger partial charge >= 0.3 is 6.18 Å². The molecule has 3 heterocycles. The Hall–Kier alpha value is -3.35. The summed E-state index contributed by atoms with van der Waals surface area (Å²) < 4.78 is 42.1. The number of rotatable bonds is 5. The average Bonchev–Trinajstić information content (AvgIpc) is 3.47. The van der Waals surface area contributed by atoms with Crippen LogP contribution in [0.3, 0.4) is 0 Å². The Balaban J connectivity index is 1.26. The molecule has 210 valence electrons. The standard InChI is InChI=1S/C27H26ClF3N6O2S/c1-34(2)24(38)16-35-7-9-36(10-8-35)26-33-25(39)23(40-26)12-17-3-6-22-19(11-17)14-32-37(22)15-18-4-5-20(28)13-21(18)27(29,30)31/h3-6,11-14H,7-10,15-16H2,1-2H3/b23-12-. The Labute approximate surface area is 238 Å². The molecule has 0 unspecified atom stereocenters. The van der Waals surface area contributed by atoms with Gasteiger partial charge in [0.15, 0.2) is 5.17 Å². The Kier molecular flexibility index (Phi) is 7.94. The normalized spacial score (nSPS) is 17.6. The van der Waals surface area contributed by atoms with Gasteiger partial charge in [-0.15, -0.1) is 0 Å². The molecular formula is C27H26ClF3N6O2S. The van der Waals surface area contributed by atoms with Crippen molar-refractivity contribution in [3.63, 3.8) is 0 Å². The van der Waals surface area contributed by atoms with Crippen LogP contribution in [0, 0.1) is 0 Å². The van der Waals surface area contributed by atoms with E-state index >= 15 is 0 Å². The number of fused-ring (bicyclic) bond motifs is 1. The van der Waals surface area contributed by atoms with Crippen molar-refractivity contribution in [3.05, 3.63) is 69.2 Å². The van der Waals surface area contributed by atoms with Crippen LogP contribution in [0.1, 0.15) is 16.7 Å². The molecule has 13 heteroatoms. The van der Waals surface area contributed by atoms with Crippen LogP contribution in [-0.4, -0.2) is 88.3 Å². The summed E-state index contributed by atoms with van der Waals surface area (Å²) in [5, 5.41) is 5.69. The quantitative estimate of drug-likeness (QED) is 0.409. The SMILES string of the molecule is CN(C)C(=O)CN1CCN(C2=NC(=O)/C(=C/c3ccc4c(cnn4Cc4ccc(Cl)cc4C(F)(F)F)c3)S2)CC1. The summed E-state index contributed by atoms with van der Waals surface area (Å²) in [5.74, 6) is -0.261. The summed E-state index contributed by atoms with van der Waals surface area (Å²) in [6.45, 7) is 3.04. The van der Waals surface area contributed by atoms with E-state index in [4.69, 9.17) is 11.6 Å². The number of alkyl halides is 3. The van der Waals surface area contributed by atoms with Crippen molar-refractivity contribution in [2.45, 2.75) is 12.7 Å². The molecule has 2 aliphatic rings. The second-order valence-electron chi connectivity index (χ2n) is 9.78. The molecule has 5 rings (SSSR count). The second-order valence-corrected chi connectivity index (χ2v) is 11.2. The molecule has 0 saturated carbocycles. The van der Waals surface area contributed by atoms with Crippen LogP contribution >= 0.6 is 23.4 Å². The number of thioether (sulfide) groups is 1. The zero-order valence-corrected chi connectivity index (χ0v) is 23.4. The van der Waals surface area contributed by atoms with Crippen molar-refractivity contribution >= 4 is 57.3 Å². The molecule has 1 aromatic heterocycles. The van der Waals surface area contributed by atoms with Crippen LogP contribution in [0.4, 0.5) is 13.2 Å². The number of likely N-dealkylation sites (N-methyl/N-ethyl adjacent to an activating group) is 1. The summed E-state index contributed by atoms with van der Waals surface area (Å²) >= 11 is 7.12. The van der Waals surface area contributed by atoms with Crippen molar-refractivity contribution in [3.8, 4) is 0 Å². The van der Waals surface area contributed by atoms with Crippen LogP contribution in [-0.2, 0) is 22.3 Å². The monoisotopic (exact) mass is 590 g/mol. The van der Waals surface area contributed by atoms with E-state index in [-0.39, 0.29) is 28.9 Å². The maximum Gasteiger partial charge on any atom is 0.416 e. The lowest BCUT2D eigenvalue weighted by Gasteiger charge is -2.35. The largest absolute Gasteiger partial charge is 0.416 e. The van der Waals surface area contributed by atoms with Crippen molar-refractivity contribution in [1.29, 1.82) is 0 Å². The maximum absolute atomic E-state index is 13.5. The number of amidine groups is 1. The third-order valence-corrected chi connectivity index (χ3v) is 8.05. The van der Waals surface area contributed by atoms with Gasteiger partial charge in [-0.1, -0.05) is 23.7 Å². The summed E-state index contributed by atoms with van der Waals surface area (Å²) in [4.78, 5) is 35.1. The number of benzene rings is 2. The van der Waals surface area contributed by atoms with Gasteiger partial charge in [0.2, 0.25) is 5.91 Å². The van der Waals surface area contributed by atoms with Gasteiger partial charge < -0.3 is 9.80 Å². The number of amides is 2. The lowest BCUT2D eigenvalue weighted by molar-refractivity contribution is -0.138. The van der Waals surface area contributed by atoms with Crippen LogP contribution in [0.2, 0.25) is 5.02 Å². The fraction of sp³-hybridized carbons (Fsp3) is 0.333. The van der Waals surface area contributed by atoms with Gasteiger partial charge in [-0.05, 0) is 53.2 Å². The van der Waals surface area contributed by atoms with Gasteiger partial charge in [-0.25, -0.2) is 0 Å². The van der Waals surface area contributed by atoms with E-state index in [9.17, 15) is 22.8 Å². The Morgan fingerprint density at radius 1 is 1.12 bits per heavy atom. The van der Waals surface area contributed by atoms with E-state index in [0.29, 0.717) is 48.3 Å². The fourth-order valence-corrected chi connectivity index (χ4v) is 5.68. The first kappa shape index (κ1) is 28.2. The summed E-state index contributed by atoms with van der Waals surface area (Å²) in [7, 11) is 3.47. The van der Waals surface area contributed by atoms with E-state index in [2.05, 4.69) is 19.9 Å². The summed E-state index contributed by atoms with van der Waals surface area (Å²) in [5.41, 5.74) is 0.698. The number of carbonyl (C=O) groups excluding carboxylic acids is 2. The van der Waals surface area contributed by atoms with Gasteiger partial charge in [0.25, 0.3) is 5.91 Å². The maximum atomic E-state index is 13.5. The summed E-state index contributed by atoms with van der Waals surface area (Å²) in [6, 6.07) is 9.13. The van der Waals surface area contributed by atoms with E-state index in [1.807, 2.05) is 6.07 Å². The molecule has 2 aromatic carbocycles. The third kappa shape index (κ3) is 6.18. The zero-order valence-electron chi connectivity index (χ0n) is 21.8. The first-order chi connectivity index (χ1) is 19.0. The molecule has 1 fully saturated rings. The molecule has 2 amide bonds. The number of halogens is 4. The minimum Gasteiger partial charge on any atom is -0.348 e. The van der Waals surface area contributed by atoms with E-state index < -0.39 is 11.7 Å². The highest BCUT2D eigenvalue weighted by Crippen LogP contribution is 2.35. The first-order valence-corrected chi connectivity index (χ1v) is 13.7. The third-order valence-electron chi connectivity index (χ3n) is 6.77. The first-order valence-electron chi connectivity index (χ1n) is 12.5. The molecule has 0 bridgehead atoms. The molecule has 1 saturated heterocycles. The molecule has 0 aliphatic carbocycles. The molecular weight excluding hydrogens is 565 g/mol. The highest BCUT2D eigenvalue weighted by Gasteiger charge is 2.34. The topological polar surface area (TPSA) is 74.0 Å². The smallest absolute Gasteiger partial charge is 0.348 e. The molecule has 40 heavy (non-hydrogen) atoms. The van der Waals surface area contributed by atoms with Crippen molar-refractivity contribution in [2.24, 2.45) is 4.99 Å². The predicted octanol–water partition coefficient (Wildman–Crippen LogP) is 4.43. The number of aromatic nitrogens is 2. The zero-order chi connectivity index (χ0) is 28.6. The Bertz CT molecular complexity index is 1530. The van der Waals surface area contributed by atoms with Gasteiger partial charge in [0.05, 0.1) is 35.3 Å². The lowest BCUT2D eigenvalue weighted by Crippen LogP contribution is -2.50. The van der Waals surface area contributed by atoms with E-state index in [0.717, 1.165) is 17.0 Å². The average molecular weight is 591 g/mol. The number of aliphatic imine (C=N–C) groups is 1. The predicted molar refractivity (Wildman–Crippen MR) is 150 cm³/mol. The van der Waals surface area contributed by atoms with Gasteiger partial charge in [0, 0.05) is 50.7 Å². The molecule has 3 aromatic rings. The van der Waals surface area contributed by atoms with E-state index in [1.54, 1.807) is 43.4 Å². The van der Waals surface area contributed by atoms with Crippen LogP contribution in [0.15, 0.2) is 52.5 Å². The van der Waals surface area contributed by atoms with Crippen LogP contribution in [0.25, 0.3) is 17.0 Å². The summed E-state index contributed by atoms with van der Waals surface area (Å²) in [6.07, 6.45) is -1.19. The number of hydrogen-bond donors (Lipinski definition) is 0. The van der Waals surface area contributed by atoms with Gasteiger partial charge in [-0.3, -0.25) is 19.2 Å². The lowest BCUT2D eigenvalue weighted by atomic mass is 10.1. The molecule has 0 N–H and O–H groups in total. The Morgan fingerprint density at radius 2 is 1.88 bits per heavy atom. The van der Waals surface area contributed by atoms with Gasteiger partial charge in [0.1, 0.15) is 0 Å². The number of hydrogen-bond acceptors (Lipinski definition) is 6. The molecule has 8 nitrogen and oxygen atoms in total. The van der Waals surface area contributed by atoms with Crippen molar-refractivity contribution in [2.75, 3.05) is 46.8 Å². The molecule has 2 aliphatic heterocycles. The van der Waals surface area contributed by atoms with Crippen molar-refractivity contribution < 1.29 is 22.8 Å². The molecule has 0 atom stereocenters. The molecule has 0 spiro atoms. The minimum atomic E-state index is -4.53. The van der Waals surface area contributed by atoms with Gasteiger partial charge in [-0.2, -0.15) is 23.3 Å². The highest BCUT2D eigenvalue weighted by molar-refractivity contribution is 8.18. The number of carbonyl (C=O) groups is 2. The number of nitrogens with zero attached hydrogens (tertiary/aromatic N) is 6. The van der Waals surface area contributed by atoms with E-state index in [1.165, 1.54) is 28.6 Å². The minimum absolute atomic E-state index is 0.0179. The van der Waals surface area contributed by atoms with Crippen molar-refractivity contribution in [1.82, 2.24) is 24.5 Å². The number of piperazine rings is 1. The highest BCUT2D eigenvalue weighted by atomic mass is 35.5. The molecule has 0 radical (unpaired) electrons. The second kappa shape index (κ2) is 11.3.